The van der Waals surface area contributed by atoms with Crippen LogP contribution in [0.25, 0.3) is 82.5 Å². The number of nitriles is 2. The van der Waals surface area contributed by atoms with Gasteiger partial charge in [0.15, 0.2) is 0 Å². The molecule has 12 aromatic carbocycles. The second kappa shape index (κ2) is 17.7. The van der Waals surface area contributed by atoms with E-state index >= 15 is 0 Å². The maximum Gasteiger partial charge on any atom is 0.260 e. The average Bonchev–Trinajstić information content (AvgIpc) is 1.49. The molecule has 4 aliphatic heterocycles. The first-order chi connectivity index (χ1) is 43.3. The molecular formula is C74H39B2N5O6S. The Balaban J connectivity index is 0.952. The molecule has 88 heavy (non-hydrogen) atoms. The van der Waals surface area contributed by atoms with Gasteiger partial charge in [0.1, 0.15) is 46.0 Å². The maximum absolute atomic E-state index is 14.5. The van der Waals surface area contributed by atoms with Gasteiger partial charge < -0.3 is 32.6 Å². The predicted octanol–water partition coefficient (Wildman–Crippen LogP) is 13.0. The quantitative estimate of drug-likeness (QED) is 0.156. The van der Waals surface area contributed by atoms with Crippen molar-refractivity contribution in [2.75, 3.05) is 0 Å². The van der Waals surface area contributed by atoms with Gasteiger partial charge in [-0.25, -0.2) is 8.42 Å². The molecule has 0 bridgehead atoms. The van der Waals surface area contributed by atoms with E-state index in [9.17, 15) is 18.9 Å². The molecular weight excluding hydrogens is 1110 g/mol. The number of rotatable bonds is 5. The minimum absolute atomic E-state index is 0.0156. The SMILES string of the molecule is N#Cc1cc(C#N)cc(S(=O)(=O)c2ccc(-n3c4ccccc4c4c3c3c5ccccc5n(-c5cc6c7c(c5)Oc5ccccc5B7c5ccccc5O6)c3c3c5ccccc5n(-c5cc6c7c(c5)Oc5ccccc5B7c5ccccc5O6)c43)cc2)c1. The van der Waals surface area contributed by atoms with E-state index in [1.54, 1.807) is 12.1 Å². The summed E-state index contributed by atoms with van der Waals surface area (Å²) < 4.78 is 64.2. The standard InChI is InChI=1S/C74H39B2N5O6S/c77-40-42-33-43(41-78)35-48(34-42)88(82,83)47-31-29-44(30-32-47)79-56-22-8-1-15-49(56)67-72(79)68-50-16-2-9-23-57(50)80(45-36-63-70-64(37-45)85-60-26-12-5-19-53(60)75(70)52-18-4-11-25-59(52)84-63)74(68)69-51-17-3-10-24-58(51)81(73(67)69)46-38-65-71-66(39-46)87-62-28-14-7-21-55(62)76(71)54-20-6-13-27-61(54)86-65/h1-39H. The van der Waals surface area contributed by atoms with Crippen LogP contribution in [0.5, 0.6) is 46.0 Å². The fourth-order valence-corrected chi connectivity index (χ4v) is 16.1. The monoisotopic (exact) mass is 1150 g/mol. The first-order valence-electron chi connectivity index (χ1n) is 29.0. The summed E-state index contributed by atoms with van der Waals surface area (Å²) in [6.45, 7) is -0.253. The minimum Gasteiger partial charge on any atom is -0.458 e. The third-order valence-electron chi connectivity index (χ3n) is 18.3. The summed E-state index contributed by atoms with van der Waals surface area (Å²) in [6.07, 6.45) is 0. The van der Waals surface area contributed by atoms with Crippen LogP contribution >= 0.6 is 0 Å². The van der Waals surface area contributed by atoms with Gasteiger partial charge >= 0.3 is 0 Å². The second-order valence-corrected chi connectivity index (χ2v) is 24.8. The molecule has 0 amide bonds. The van der Waals surface area contributed by atoms with Crippen LogP contribution < -0.4 is 51.7 Å². The van der Waals surface area contributed by atoms with Crippen molar-refractivity contribution in [2.45, 2.75) is 9.79 Å². The molecule has 15 aromatic rings. The van der Waals surface area contributed by atoms with Crippen molar-refractivity contribution >= 4 is 121 Å². The fraction of sp³-hybridized carbons (Fsp3) is 0. The molecule has 0 saturated heterocycles. The summed E-state index contributed by atoms with van der Waals surface area (Å²) in [5.41, 5.74) is 14.3. The molecule has 0 N–H and O–H groups in total. The number of hydrogen-bond donors (Lipinski definition) is 0. The zero-order valence-corrected chi connectivity index (χ0v) is 47.1. The molecule has 408 valence electrons. The number of para-hydroxylation sites is 7. The lowest BCUT2D eigenvalue weighted by Gasteiger charge is -2.33. The summed E-state index contributed by atoms with van der Waals surface area (Å²) in [4.78, 5) is -0.119. The Morgan fingerprint density at radius 2 is 0.648 bits per heavy atom. The summed E-state index contributed by atoms with van der Waals surface area (Å²) in [5, 5.41) is 25.6. The summed E-state index contributed by atoms with van der Waals surface area (Å²) in [5.74, 6) is 5.96. The normalized spacial score (nSPS) is 13.2. The third kappa shape index (κ3) is 6.53. The predicted molar refractivity (Wildman–Crippen MR) is 346 cm³/mol. The van der Waals surface area contributed by atoms with Gasteiger partial charge in [-0.1, -0.05) is 127 Å². The first-order valence-corrected chi connectivity index (χ1v) is 30.5. The number of aromatic nitrogens is 3. The lowest BCUT2D eigenvalue weighted by Crippen LogP contribution is -2.57. The molecule has 0 aliphatic carbocycles. The molecule has 0 spiro atoms. The van der Waals surface area contributed by atoms with E-state index in [-0.39, 0.29) is 34.3 Å². The highest BCUT2D eigenvalue weighted by molar-refractivity contribution is 7.91. The Bertz CT molecular complexity index is 5550. The molecule has 3 aromatic heterocycles. The van der Waals surface area contributed by atoms with Crippen molar-refractivity contribution in [3.05, 3.63) is 248 Å². The van der Waals surface area contributed by atoms with E-state index in [0.717, 1.165) is 133 Å². The second-order valence-electron chi connectivity index (χ2n) is 22.8. The number of benzene rings is 12. The van der Waals surface area contributed by atoms with Crippen LogP contribution in [0.3, 0.4) is 0 Å². The summed E-state index contributed by atoms with van der Waals surface area (Å²) in [7, 11) is -4.19. The molecule has 19 rings (SSSR count). The smallest absolute Gasteiger partial charge is 0.260 e. The van der Waals surface area contributed by atoms with Crippen molar-refractivity contribution in [3.63, 3.8) is 0 Å². The Labute approximate surface area is 502 Å². The topological polar surface area (TPSA) is 133 Å². The lowest BCUT2D eigenvalue weighted by atomic mass is 9.35. The molecule has 0 atom stereocenters. The van der Waals surface area contributed by atoms with E-state index < -0.39 is 9.84 Å². The molecule has 4 aliphatic rings. The van der Waals surface area contributed by atoms with Crippen LogP contribution in [-0.4, -0.2) is 35.5 Å². The van der Waals surface area contributed by atoms with Gasteiger partial charge in [0.2, 0.25) is 9.84 Å². The van der Waals surface area contributed by atoms with E-state index in [2.05, 4.69) is 153 Å². The van der Waals surface area contributed by atoms with Crippen molar-refractivity contribution < 1.29 is 27.4 Å². The fourth-order valence-electron chi connectivity index (χ4n) is 14.8. The highest BCUT2D eigenvalue weighted by atomic mass is 32.2. The average molecular weight is 1150 g/mol. The molecule has 11 nitrogen and oxygen atoms in total. The zero-order chi connectivity index (χ0) is 58.3. The summed E-state index contributed by atoms with van der Waals surface area (Å²) >= 11 is 0. The largest absolute Gasteiger partial charge is 0.458 e. The number of sulfone groups is 1. The molecule has 0 radical (unpaired) electrons. The lowest BCUT2D eigenvalue weighted by molar-refractivity contribution is 0.463. The Morgan fingerprint density at radius 3 is 1.00 bits per heavy atom. The zero-order valence-electron chi connectivity index (χ0n) is 46.3. The Kier molecular flexibility index (Phi) is 9.78. The van der Waals surface area contributed by atoms with Gasteiger partial charge in [-0.05, 0) is 107 Å². The van der Waals surface area contributed by atoms with E-state index in [0.29, 0.717) is 28.7 Å². The van der Waals surface area contributed by atoms with Crippen LogP contribution in [0.2, 0.25) is 0 Å². The van der Waals surface area contributed by atoms with Crippen LogP contribution in [0.1, 0.15) is 11.1 Å². The van der Waals surface area contributed by atoms with E-state index in [4.69, 9.17) is 18.9 Å². The van der Waals surface area contributed by atoms with Crippen molar-refractivity contribution in [3.8, 4) is 75.2 Å². The van der Waals surface area contributed by atoms with Crippen LogP contribution in [0.4, 0.5) is 0 Å². The molecule has 0 unspecified atom stereocenters. The van der Waals surface area contributed by atoms with Crippen molar-refractivity contribution in [1.82, 2.24) is 13.7 Å². The van der Waals surface area contributed by atoms with Crippen molar-refractivity contribution in [2.24, 2.45) is 0 Å². The Hall–Kier alpha value is -11.7. The number of nitrogens with zero attached hydrogens (tertiary/aromatic N) is 5. The van der Waals surface area contributed by atoms with Gasteiger partial charge in [-0.15, -0.1) is 0 Å². The highest BCUT2D eigenvalue weighted by Crippen LogP contribution is 2.52. The third-order valence-corrected chi connectivity index (χ3v) is 20.0. The van der Waals surface area contributed by atoms with Gasteiger partial charge in [-0.2, -0.15) is 10.5 Å². The Morgan fingerprint density at radius 1 is 0.330 bits per heavy atom. The van der Waals surface area contributed by atoms with Crippen LogP contribution in [0, 0.1) is 22.7 Å². The molecule has 7 heterocycles. The molecule has 14 heteroatoms. The van der Waals surface area contributed by atoms with Crippen LogP contribution in [-0.2, 0) is 9.84 Å². The number of ether oxygens (including phenoxy) is 4. The summed E-state index contributed by atoms with van der Waals surface area (Å²) in [6, 6.07) is 82.1. The highest BCUT2D eigenvalue weighted by Gasteiger charge is 2.43. The minimum atomic E-state index is -4.19. The van der Waals surface area contributed by atoms with Gasteiger partial charge in [0.05, 0.1) is 77.5 Å². The number of fused-ring (bicyclic) bond motifs is 20. The molecule has 0 fully saturated rings. The molecule has 0 saturated carbocycles. The maximum atomic E-state index is 14.5. The van der Waals surface area contributed by atoms with Crippen LogP contribution in [0.15, 0.2) is 246 Å². The van der Waals surface area contributed by atoms with Gasteiger partial charge in [0, 0.05) is 73.2 Å². The van der Waals surface area contributed by atoms with Crippen molar-refractivity contribution in [1.29, 1.82) is 10.5 Å². The van der Waals surface area contributed by atoms with Gasteiger partial charge in [-0.3, -0.25) is 0 Å². The van der Waals surface area contributed by atoms with Gasteiger partial charge in [0.25, 0.3) is 13.4 Å². The first kappa shape index (κ1) is 48.7. The van der Waals surface area contributed by atoms with E-state index in [1.165, 1.54) is 18.2 Å². The van der Waals surface area contributed by atoms with E-state index in [1.807, 2.05) is 78.9 Å². The number of hydrogen-bond acceptors (Lipinski definition) is 8.